The van der Waals surface area contributed by atoms with Crippen molar-refractivity contribution in [2.24, 2.45) is 5.92 Å². The Morgan fingerprint density at radius 1 is 1.17 bits per heavy atom. The van der Waals surface area contributed by atoms with Crippen LogP contribution in [0.2, 0.25) is 0 Å². The molecule has 1 rings (SSSR count). The highest BCUT2D eigenvalue weighted by molar-refractivity contribution is 9.10. The molecule has 0 spiro atoms. The van der Waals surface area contributed by atoms with Gasteiger partial charge in [-0.05, 0) is 42.6 Å². The Hall–Kier alpha value is -0.410. The van der Waals surface area contributed by atoms with Gasteiger partial charge >= 0.3 is 0 Å². The molecule has 1 N–H and O–H groups in total. The lowest BCUT2D eigenvalue weighted by Crippen LogP contribution is -2.37. The summed E-state index contributed by atoms with van der Waals surface area (Å²) in [6.07, 6.45) is 3.20. The Bertz CT molecular complexity index is 343. The van der Waals surface area contributed by atoms with Crippen LogP contribution in [0.4, 0.5) is 4.39 Å². The number of halogens is 2. The summed E-state index contributed by atoms with van der Waals surface area (Å²) >= 11 is 3.35. The van der Waals surface area contributed by atoms with Crippen LogP contribution in [0, 0.1) is 11.7 Å². The van der Waals surface area contributed by atoms with Gasteiger partial charge in [0.25, 0.3) is 0 Å². The van der Waals surface area contributed by atoms with Gasteiger partial charge in [-0.25, -0.2) is 4.39 Å². The zero-order chi connectivity index (χ0) is 13.5. The van der Waals surface area contributed by atoms with Crippen LogP contribution in [0.3, 0.4) is 0 Å². The van der Waals surface area contributed by atoms with Gasteiger partial charge in [0.15, 0.2) is 0 Å². The first kappa shape index (κ1) is 15.6. The molecule has 0 aromatic heterocycles. The second kappa shape index (κ2) is 7.90. The molecule has 0 saturated carbocycles. The lowest BCUT2D eigenvalue weighted by molar-refractivity contribution is 0.336. The largest absolute Gasteiger partial charge is 0.314 e. The van der Waals surface area contributed by atoms with Crippen LogP contribution >= 0.6 is 15.9 Å². The minimum absolute atomic E-state index is 0.167. The molecule has 0 aliphatic heterocycles. The van der Waals surface area contributed by atoms with Gasteiger partial charge in [0.2, 0.25) is 0 Å². The Morgan fingerprint density at radius 3 is 2.33 bits per heavy atom. The zero-order valence-electron chi connectivity index (χ0n) is 11.5. The van der Waals surface area contributed by atoms with E-state index >= 15 is 0 Å². The number of nitrogens with one attached hydrogen (secondary N) is 1. The molecule has 102 valence electrons. The average molecular weight is 316 g/mol. The fraction of sp³-hybridized carbons (Fsp3) is 0.600. The third-order valence-corrected chi connectivity index (χ3v) is 3.92. The third kappa shape index (κ3) is 4.69. The van der Waals surface area contributed by atoms with E-state index in [0.717, 1.165) is 35.8 Å². The molecule has 18 heavy (non-hydrogen) atoms. The smallest absolute Gasteiger partial charge is 0.124 e. The first-order valence-corrected chi connectivity index (χ1v) is 7.58. The first-order chi connectivity index (χ1) is 8.60. The van der Waals surface area contributed by atoms with Crippen molar-refractivity contribution in [3.8, 4) is 0 Å². The van der Waals surface area contributed by atoms with Crippen molar-refractivity contribution in [2.45, 2.75) is 46.1 Å². The van der Waals surface area contributed by atoms with Crippen molar-refractivity contribution < 1.29 is 4.39 Å². The lowest BCUT2D eigenvalue weighted by Gasteiger charge is -2.26. The number of benzene rings is 1. The molecule has 1 aromatic rings. The zero-order valence-corrected chi connectivity index (χ0v) is 13.1. The maximum atomic E-state index is 13.4. The topological polar surface area (TPSA) is 12.0 Å². The van der Waals surface area contributed by atoms with Gasteiger partial charge in [0.1, 0.15) is 5.82 Å². The van der Waals surface area contributed by atoms with Crippen LogP contribution in [-0.4, -0.2) is 12.6 Å². The summed E-state index contributed by atoms with van der Waals surface area (Å²) < 4.78 is 14.2. The minimum atomic E-state index is -0.167. The summed E-state index contributed by atoms with van der Waals surface area (Å²) in [7, 11) is 0. The number of rotatable bonds is 7. The molecule has 3 heteroatoms. The van der Waals surface area contributed by atoms with Crippen LogP contribution in [-0.2, 0) is 6.42 Å². The summed E-state index contributed by atoms with van der Waals surface area (Å²) in [5.74, 6) is 0.478. The Balaban J connectivity index is 2.81. The maximum absolute atomic E-state index is 13.4. The van der Waals surface area contributed by atoms with E-state index in [9.17, 15) is 4.39 Å². The molecule has 0 aliphatic rings. The van der Waals surface area contributed by atoms with Crippen molar-refractivity contribution in [3.05, 3.63) is 34.1 Å². The predicted octanol–water partition coefficient (Wildman–Crippen LogP) is 4.55. The predicted molar refractivity (Wildman–Crippen MR) is 79.3 cm³/mol. The molecular weight excluding hydrogens is 293 g/mol. The molecule has 0 heterocycles. The second-order valence-electron chi connectivity index (χ2n) is 4.72. The van der Waals surface area contributed by atoms with Crippen molar-refractivity contribution in [2.75, 3.05) is 6.54 Å². The van der Waals surface area contributed by atoms with Crippen LogP contribution in [0.25, 0.3) is 0 Å². The summed E-state index contributed by atoms with van der Waals surface area (Å²) in [4.78, 5) is 0. The normalized spacial score (nSPS) is 13.0. The van der Waals surface area contributed by atoms with E-state index in [4.69, 9.17) is 0 Å². The molecule has 1 unspecified atom stereocenters. The third-order valence-electron chi connectivity index (χ3n) is 3.46. The average Bonchev–Trinajstić information content (AvgIpc) is 2.29. The minimum Gasteiger partial charge on any atom is -0.314 e. The summed E-state index contributed by atoms with van der Waals surface area (Å²) in [6.45, 7) is 7.52. The molecule has 1 atom stereocenters. The first-order valence-electron chi connectivity index (χ1n) is 6.79. The maximum Gasteiger partial charge on any atom is 0.124 e. The summed E-state index contributed by atoms with van der Waals surface area (Å²) in [6, 6.07) is 5.58. The molecule has 1 aromatic carbocycles. The van der Waals surface area contributed by atoms with Gasteiger partial charge in [-0.3, -0.25) is 0 Å². The van der Waals surface area contributed by atoms with Crippen molar-refractivity contribution >= 4 is 15.9 Å². The standard InChI is InChI=1S/C15H23BrFN/c1-4-12(5-2)15(18-6-3)9-11-7-13(16)10-14(17)8-11/h7-8,10,12,15,18H,4-6,9H2,1-3H3. The van der Waals surface area contributed by atoms with Crippen molar-refractivity contribution in [3.63, 3.8) is 0 Å². The Morgan fingerprint density at radius 2 is 1.83 bits per heavy atom. The van der Waals surface area contributed by atoms with E-state index in [1.807, 2.05) is 6.07 Å². The summed E-state index contributed by atoms with van der Waals surface area (Å²) in [5.41, 5.74) is 1.06. The van der Waals surface area contributed by atoms with E-state index in [1.165, 1.54) is 6.07 Å². The number of likely N-dealkylation sites (N-methyl/N-ethyl adjacent to an activating group) is 1. The highest BCUT2D eigenvalue weighted by atomic mass is 79.9. The molecule has 0 fully saturated rings. The van der Waals surface area contributed by atoms with E-state index in [2.05, 4.69) is 42.0 Å². The molecule has 0 radical (unpaired) electrons. The van der Waals surface area contributed by atoms with Gasteiger partial charge in [-0.1, -0.05) is 49.5 Å². The fourth-order valence-corrected chi connectivity index (χ4v) is 3.02. The molecule has 0 bridgehead atoms. The Kier molecular flexibility index (Phi) is 6.87. The highest BCUT2D eigenvalue weighted by Crippen LogP contribution is 2.21. The SMILES string of the molecule is CCNC(Cc1cc(F)cc(Br)c1)C(CC)CC. The van der Waals surface area contributed by atoms with Gasteiger partial charge in [0, 0.05) is 10.5 Å². The van der Waals surface area contributed by atoms with Crippen LogP contribution < -0.4 is 5.32 Å². The Labute approximate surface area is 118 Å². The lowest BCUT2D eigenvalue weighted by atomic mass is 9.89. The van der Waals surface area contributed by atoms with Crippen molar-refractivity contribution in [1.29, 1.82) is 0 Å². The van der Waals surface area contributed by atoms with Gasteiger partial charge in [0.05, 0.1) is 0 Å². The summed E-state index contributed by atoms with van der Waals surface area (Å²) in [5, 5.41) is 3.53. The van der Waals surface area contributed by atoms with Crippen molar-refractivity contribution in [1.82, 2.24) is 5.32 Å². The molecule has 1 nitrogen and oxygen atoms in total. The van der Waals surface area contributed by atoms with Crippen LogP contribution in [0.5, 0.6) is 0 Å². The second-order valence-corrected chi connectivity index (χ2v) is 5.64. The molecule has 0 aliphatic carbocycles. The van der Waals surface area contributed by atoms with Crippen LogP contribution in [0.1, 0.15) is 39.2 Å². The monoisotopic (exact) mass is 315 g/mol. The van der Waals surface area contributed by atoms with Gasteiger partial charge < -0.3 is 5.32 Å². The van der Waals surface area contributed by atoms with E-state index in [1.54, 1.807) is 6.07 Å². The molecule has 0 saturated heterocycles. The fourth-order valence-electron chi connectivity index (χ4n) is 2.51. The molecule has 0 amide bonds. The van der Waals surface area contributed by atoms with E-state index in [-0.39, 0.29) is 5.82 Å². The van der Waals surface area contributed by atoms with Gasteiger partial charge in [-0.15, -0.1) is 0 Å². The van der Waals surface area contributed by atoms with Gasteiger partial charge in [-0.2, -0.15) is 0 Å². The highest BCUT2D eigenvalue weighted by Gasteiger charge is 2.18. The van der Waals surface area contributed by atoms with Crippen LogP contribution in [0.15, 0.2) is 22.7 Å². The number of hydrogen-bond acceptors (Lipinski definition) is 1. The van der Waals surface area contributed by atoms with E-state index < -0.39 is 0 Å². The number of hydrogen-bond donors (Lipinski definition) is 1. The quantitative estimate of drug-likeness (QED) is 0.778. The van der Waals surface area contributed by atoms with E-state index in [0.29, 0.717) is 12.0 Å². The molecular formula is C15H23BrFN.